The quantitative estimate of drug-likeness (QED) is 0.725. The molecule has 134 valence electrons. The van der Waals surface area contributed by atoms with Crippen LogP contribution in [0.1, 0.15) is 30.6 Å². The number of hydrogen-bond donors (Lipinski definition) is 1. The molecule has 1 saturated carbocycles. The fourth-order valence-electron chi connectivity index (χ4n) is 3.71. The van der Waals surface area contributed by atoms with Gasteiger partial charge in [0.1, 0.15) is 5.69 Å². The molecule has 0 aliphatic heterocycles. The number of pyridine rings is 1. The van der Waals surface area contributed by atoms with E-state index in [-0.39, 0.29) is 11.3 Å². The van der Waals surface area contributed by atoms with Crippen LogP contribution in [0.15, 0.2) is 54.2 Å². The van der Waals surface area contributed by atoms with Crippen molar-refractivity contribution < 1.29 is 4.79 Å². The van der Waals surface area contributed by atoms with E-state index >= 15 is 0 Å². The SMILES string of the molecule is O=C(NCCn1ccc(-c2ccccn2)n1)C1(c2cccs2)CCCC1. The van der Waals surface area contributed by atoms with Gasteiger partial charge in [0.25, 0.3) is 0 Å². The van der Waals surface area contributed by atoms with Crippen LogP contribution in [0, 0.1) is 0 Å². The third-order valence-corrected chi connectivity index (χ3v) is 6.15. The zero-order valence-electron chi connectivity index (χ0n) is 14.6. The van der Waals surface area contributed by atoms with Crippen LogP contribution in [0.3, 0.4) is 0 Å². The van der Waals surface area contributed by atoms with Gasteiger partial charge in [0.15, 0.2) is 0 Å². The van der Waals surface area contributed by atoms with Gasteiger partial charge < -0.3 is 5.32 Å². The number of nitrogens with one attached hydrogen (secondary N) is 1. The van der Waals surface area contributed by atoms with Gasteiger partial charge in [0.05, 0.1) is 17.7 Å². The van der Waals surface area contributed by atoms with Crippen LogP contribution in [0.2, 0.25) is 0 Å². The minimum atomic E-state index is -0.322. The number of aromatic nitrogens is 3. The first-order valence-corrected chi connectivity index (χ1v) is 9.93. The number of rotatable bonds is 6. The second kappa shape index (κ2) is 7.41. The van der Waals surface area contributed by atoms with Crippen LogP contribution in [0.4, 0.5) is 0 Å². The number of carbonyl (C=O) groups is 1. The molecule has 3 aromatic heterocycles. The van der Waals surface area contributed by atoms with Crippen molar-refractivity contribution in [1.82, 2.24) is 20.1 Å². The molecule has 0 atom stereocenters. The first-order chi connectivity index (χ1) is 12.8. The maximum Gasteiger partial charge on any atom is 0.231 e. The average molecular weight is 366 g/mol. The maximum atomic E-state index is 12.9. The Morgan fingerprint density at radius 2 is 2.04 bits per heavy atom. The van der Waals surface area contributed by atoms with E-state index in [1.807, 2.05) is 41.2 Å². The standard InChI is InChI=1S/C20H22N4OS/c25-19(20(9-2-3-10-20)18-7-5-15-26-18)22-12-14-24-13-8-17(23-24)16-6-1-4-11-21-16/h1,4-8,11,13,15H,2-3,9-10,12,14H2,(H,22,25). The molecule has 0 aromatic carbocycles. The van der Waals surface area contributed by atoms with Crippen LogP contribution in [0.5, 0.6) is 0 Å². The summed E-state index contributed by atoms with van der Waals surface area (Å²) in [4.78, 5) is 18.5. The van der Waals surface area contributed by atoms with E-state index in [1.165, 1.54) is 4.88 Å². The molecule has 6 heteroatoms. The van der Waals surface area contributed by atoms with Gasteiger partial charge in [0, 0.05) is 23.8 Å². The molecule has 26 heavy (non-hydrogen) atoms. The van der Waals surface area contributed by atoms with Crippen LogP contribution in [-0.2, 0) is 16.8 Å². The van der Waals surface area contributed by atoms with Crippen LogP contribution in [0.25, 0.3) is 11.4 Å². The van der Waals surface area contributed by atoms with Gasteiger partial charge in [-0.05, 0) is 42.5 Å². The molecule has 5 nitrogen and oxygen atoms in total. The molecule has 4 rings (SSSR count). The summed E-state index contributed by atoms with van der Waals surface area (Å²) in [5.74, 6) is 0.162. The third kappa shape index (κ3) is 3.29. The van der Waals surface area contributed by atoms with Crippen molar-refractivity contribution in [2.45, 2.75) is 37.6 Å². The second-order valence-electron chi connectivity index (χ2n) is 6.70. The lowest BCUT2D eigenvalue weighted by Gasteiger charge is -2.26. The largest absolute Gasteiger partial charge is 0.353 e. The Kier molecular flexibility index (Phi) is 4.84. The lowest BCUT2D eigenvalue weighted by molar-refractivity contribution is -0.126. The zero-order valence-corrected chi connectivity index (χ0v) is 15.4. The van der Waals surface area contributed by atoms with Gasteiger partial charge in [-0.2, -0.15) is 5.10 Å². The molecule has 0 bridgehead atoms. The minimum Gasteiger partial charge on any atom is -0.353 e. The van der Waals surface area contributed by atoms with Crippen molar-refractivity contribution in [2.75, 3.05) is 6.54 Å². The summed E-state index contributed by atoms with van der Waals surface area (Å²) >= 11 is 1.69. The van der Waals surface area contributed by atoms with Gasteiger partial charge in [-0.25, -0.2) is 0 Å². The fraction of sp³-hybridized carbons (Fsp3) is 0.350. The van der Waals surface area contributed by atoms with Crippen molar-refractivity contribution in [2.24, 2.45) is 0 Å². The van der Waals surface area contributed by atoms with Crippen molar-refractivity contribution in [3.05, 3.63) is 59.0 Å². The number of thiophene rings is 1. The smallest absolute Gasteiger partial charge is 0.231 e. The van der Waals surface area contributed by atoms with E-state index in [9.17, 15) is 4.79 Å². The van der Waals surface area contributed by atoms with Crippen molar-refractivity contribution in [3.63, 3.8) is 0 Å². The molecule has 3 heterocycles. The Balaban J connectivity index is 1.37. The molecule has 0 radical (unpaired) electrons. The van der Waals surface area contributed by atoms with E-state index in [0.717, 1.165) is 37.1 Å². The molecule has 1 fully saturated rings. The molecule has 1 amide bonds. The number of amides is 1. The fourth-order valence-corrected chi connectivity index (χ4v) is 4.69. The zero-order chi connectivity index (χ0) is 17.8. The Morgan fingerprint density at radius 1 is 1.15 bits per heavy atom. The van der Waals surface area contributed by atoms with Crippen molar-refractivity contribution in [3.8, 4) is 11.4 Å². The highest BCUT2D eigenvalue weighted by atomic mass is 32.1. The first kappa shape index (κ1) is 17.0. The predicted octanol–water partition coefficient (Wildman–Crippen LogP) is 3.63. The highest BCUT2D eigenvalue weighted by molar-refractivity contribution is 7.10. The number of hydrogen-bond acceptors (Lipinski definition) is 4. The highest BCUT2D eigenvalue weighted by Crippen LogP contribution is 2.43. The predicted molar refractivity (Wildman–Crippen MR) is 103 cm³/mol. The Hall–Kier alpha value is -2.47. The van der Waals surface area contributed by atoms with Crippen molar-refractivity contribution in [1.29, 1.82) is 0 Å². The van der Waals surface area contributed by atoms with E-state index in [2.05, 4.69) is 26.8 Å². The van der Waals surface area contributed by atoms with Crippen molar-refractivity contribution >= 4 is 17.2 Å². The highest BCUT2D eigenvalue weighted by Gasteiger charge is 2.43. The number of nitrogens with zero attached hydrogens (tertiary/aromatic N) is 3. The molecule has 1 aliphatic carbocycles. The van der Waals surface area contributed by atoms with Gasteiger partial charge >= 0.3 is 0 Å². The summed E-state index contributed by atoms with van der Waals surface area (Å²) in [6.07, 6.45) is 7.84. The minimum absolute atomic E-state index is 0.162. The van der Waals surface area contributed by atoms with Gasteiger partial charge in [0.2, 0.25) is 5.91 Å². The summed E-state index contributed by atoms with van der Waals surface area (Å²) in [7, 11) is 0. The molecule has 0 unspecified atom stereocenters. The summed E-state index contributed by atoms with van der Waals surface area (Å²) < 4.78 is 1.86. The monoisotopic (exact) mass is 366 g/mol. The Labute approximate surface area is 157 Å². The number of carbonyl (C=O) groups excluding carboxylic acids is 1. The van der Waals surface area contributed by atoms with Gasteiger partial charge in [-0.1, -0.05) is 25.0 Å². The topological polar surface area (TPSA) is 59.8 Å². The molecule has 0 saturated heterocycles. The summed E-state index contributed by atoms with van der Waals surface area (Å²) in [5.41, 5.74) is 1.39. The van der Waals surface area contributed by atoms with Crippen LogP contribution >= 0.6 is 11.3 Å². The summed E-state index contributed by atoms with van der Waals surface area (Å²) in [5, 5.41) is 9.75. The second-order valence-corrected chi connectivity index (χ2v) is 7.65. The van der Waals surface area contributed by atoms with E-state index < -0.39 is 0 Å². The Bertz CT molecular complexity index is 851. The first-order valence-electron chi connectivity index (χ1n) is 9.05. The van der Waals surface area contributed by atoms with E-state index in [4.69, 9.17) is 0 Å². The Morgan fingerprint density at radius 3 is 2.77 bits per heavy atom. The van der Waals surface area contributed by atoms with E-state index in [0.29, 0.717) is 13.1 Å². The van der Waals surface area contributed by atoms with Gasteiger partial charge in [-0.15, -0.1) is 11.3 Å². The van der Waals surface area contributed by atoms with Crippen LogP contribution in [-0.4, -0.2) is 27.2 Å². The van der Waals surface area contributed by atoms with Crippen LogP contribution < -0.4 is 5.32 Å². The molecule has 1 N–H and O–H groups in total. The average Bonchev–Trinajstić information content (AvgIpc) is 3.43. The lowest BCUT2D eigenvalue weighted by atomic mass is 9.83. The molecule has 1 aliphatic rings. The summed E-state index contributed by atoms with van der Waals surface area (Å²) in [6.45, 7) is 1.23. The summed E-state index contributed by atoms with van der Waals surface area (Å²) in [6, 6.07) is 11.9. The maximum absolute atomic E-state index is 12.9. The normalized spacial score (nSPS) is 15.8. The molecule has 3 aromatic rings. The molecular formula is C20H22N4OS. The molecular weight excluding hydrogens is 344 g/mol. The van der Waals surface area contributed by atoms with Gasteiger partial charge in [-0.3, -0.25) is 14.5 Å². The lowest BCUT2D eigenvalue weighted by Crippen LogP contribution is -2.43. The molecule has 0 spiro atoms. The third-order valence-electron chi connectivity index (χ3n) is 5.08. The van der Waals surface area contributed by atoms with E-state index in [1.54, 1.807) is 17.5 Å².